The molecular formula is C15H17NOS. The molecule has 0 N–H and O–H groups in total. The Morgan fingerprint density at radius 2 is 1.89 bits per heavy atom. The molecule has 0 aromatic heterocycles. The van der Waals surface area contributed by atoms with Crippen LogP contribution in [0.15, 0.2) is 29.8 Å². The van der Waals surface area contributed by atoms with Crippen molar-refractivity contribution in [2.24, 2.45) is 0 Å². The molecule has 0 spiro atoms. The van der Waals surface area contributed by atoms with Crippen molar-refractivity contribution in [1.82, 2.24) is 4.90 Å². The van der Waals surface area contributed by atoms with Gasteiger partial charge in [0, 0.05) is 24.2 Å². The second-order valence-electron chi connectivity index (χ2n) is 4.85. The maximum absolute atomic E-state index is 5.77. The minimum absolute atomic E-state index is 0.604. The molecule has 18 heavy (non-hydrogen) atoms. The molecular weight excluding hydrogens is 242 g/mol. The van der Waals surface area contributed by atoms with E-state index in [4.69, 9.17) is 17.0 Å². The van der Waals surface area contributed by atoms with Crippen molar-refractivity contribution in [2.75, 3.05) is 19.7 Å². The highest BCUT2D eigenvalue weighted by Gasteiger charge is 2.20. The summed E-state index contributed by atoms with van der Waals surface area (Å²) < 4.78 is 5.77. The van der Waals surface area contributed by atoms with Crippen molar-refractivity contribution < 1.29 is 4.74 Å². The highest BCUT2D eigenvalue weighted by Crippen LogP contribution is 2.27. The molecule has 0 aliphatic carbocycles. The van der Waals surface area contributed by atoms with Crippen molar-refractivity contribution in [1.29, 1.82) is 0 Å². The lowest BCUT2D eigenvalue weighted by Crippen LogP contribution is -2.36. The zero-order chi connectivity index (χ0) is 12.4. The number of rotatable bonds is 1. The van der Waals surface area contributed by atoms with Gasteiger partial charge < -0.3 is 9.64 Å². The maximum Gasteiger partial charge on any atom is 0.127 e. The number of ether oxygens (including phenoxy) is 1. The first-order chi connectivity index (χ1) is 8.84. The molecule has 3 heteroatoms. The summed E-state index contributed by atoms with van der Waals surface area (Å²) in [6.07, 6.45) is 6.02. The molecule has 3 rings (SSSR count). The molecule has 2 nitrogen and oxygen atoms in total. The van der Waals surface area contributed by atoms with Gasteiger partial charge in [-0.05, 0) is 31.4 Å². The summed E-state index contributed by atoms with van der Waals surface area (Å²) in [5, 5.41) is 0. The summed E-state index contributed by atoms with van der Waals surface area (Å²) in [5.74, 6) is 0.961. The normalized spacial score (nSPS) is 18.7. The number of likely N-dealkylation sites (tertiary alicyclic amines) is 1. The van der Waals surface area contributed by atoms with Gasteiger partial charge in [-0.15, -0.1) is 0 Å². The number of fused-ring (bicyclic) bond motifs is 1. The zero-order valence-corrected chi connectivity index (χ0v) is 11.2. The van der Waals surface area contributed by atoms with Gasteiger partial charge in [-0.25, -0.2) is 0 Å². The summed E-state index contributed by atoms with van der Waals surface area (Å²) in [5.41, 5.74) is 2.28. The van der Waals surface area contributed by atoms with Gasteiger partial charge in [0.05, 0.1) is 0 Å². The molecule has 0 bridgehead atoms. The Bertz CT molecular complexity index is 489. The van der Waals surface area contributed by atoms with Gasteiger partial charge in [-0.2, -0.15) is 0 Å². The summed E-state index contributed by atoms with van der Waals surface area (Å²) in [7, 11) is 0. The smallest absolute Gasteiger partial charge is 0.127 e. The van der Waals surface area contributed by atoms with E-state index >= 15 is 0 Å². The van der Waals surface area contributed by atoms with E-state index in [9.17, 15) is 0 Å². The van der Waals surface area contributed by atoms with Crippen LogP contribution in [0.25, 0.3) is 6.08 Å². The summed E-state index contributed by atoms with van der Waals surface area (Å²) in [4.78, 5) is 3.30. The molecule has 0 unspecified atom stereocenters. The van der Waals surface area contributed by atoms with Crippen molar-refractivity contribution in [2.45, 2.75) is 19.3 Å². The monoisotopic (exact) mass is 259 g/mol. The minimum atomic E-state index is 0.604. The maximum atomic E-state index is 5.77. The van der Waals surface area contributed by atoms with Crippen LogP contribution in [0, 0.1) is 0 Å². The Hall–Kier alpha value is -1.35. The number of hydrogen-bond donors (Lipinski definition) is 0. The van der Waals surface area contributed by atoms with Crippen LogP contribution >= 0.6 is 12.2 Å². The number of thiocarbonyl (C=S) groups is 1. The van der Waals surface area contributed by atoms with Gasteiger partial charge in [0.1, 0.15) is 17.3 Å². The average Bonchev–Trinajstić information content (AvgIpc) is 2.47. The standard InChI is InChI=1S/C15H17NOS/c18-15(16-8-4-1-5-9-16)13-10-12-6-2-3-7-14(12)17-11-13/h2-3,6-7,10H,1,4-5,8-9,11H2. The van der Waals surface area contributed by atoms with E-state index in [1.807, 2.05) is 18.2 Å². The van der Waals surface area contributed by atoms with E-state index in [0.717, 1.165) is 35.0 Å². The fourth-order valence-electron chi connectivity index (χ4n) is 2.54. The van der Waals surface area contributed by atoms with Crippen LogP contribution in [0.3, 0.4) is 0 Å². The highest BCUT2D eigenvalue weighted by atomic mass is 32.1. The van der Waals surface area contributed by atoms with E-state index < -0.39 is 0 Å². The van der Waals surface area contributed by atoms with Gasteiger partial charge >= 0.3 is 0 Å². The number of hydrogen-bond acceptors (Lipinski definition) is 2. The lowest BCUT2D eigenvalue weighted by molar-refractivity contribution is 0.330. The Morgan fingerprint density at radius 3 is 2.72 bits per heavy atom. The van der Waals surface area contributed by atoms with Gasteiger partial charge in [0.15, 0.2) is 0 Å². The number of para-hydroxylation sites is 1. The fourth-order valence-corrected chi connectivity index (χ4v) is 2.84. The highest BCUT2D eigenvalue weighted by molar-refractivity contribution is 7.80. The molecule has 1 aromatic carbocycles. The second-order valence-corrected chi connectivity index (χ2v) is 5.24. The molecule has 2 aliphatic rings. The van der Waals surface area contributed by atoms with E-state index in [0.29, 0.717) is 6.61 Å². The SMILES string of the molecule is S=C(C1=Cc2ccccc2OC1)N1CCCCC1. The van der Waals surface area contributed by atoms with Crippen molar-refractivity contribution in [3.05, 3.63) is 35.4 Å². The largest absolute Gasteiger partial charge is 0.488 e. The first-order valence-electron chi connectivity index (χ1n) is 6.56. The van der Waals surface area contributed by atoms with Crippen molar-refractivity contribution >= 4 is 23.3 Å². The van der Waals surface area contributed by atoms with Crippen LogP contribution in [0.5, 0.6) is 5.75 Å². The molecule has 2 aliphatic heterocycles. The molecule has 0 amide bonds. The van der Waals surface area contributed by atoms with Crippen LogP contribution in [-0.4, -0.2) is 29.6 Å². The number of nitrogens with zero attached hydrogens (tertiary/aromatic N) is 1. The molecule has 1 aromatic rings. The lowest BCUT2D eigenvalue weighted by atomic mass is 10.1. The third-order valence-corrected chi connectivity index (χ3v) is 4.07. The van der Waals surface area contributed by atoms with Gasteiger partial charge in [0.2, 0.25) is 0 Å². The first kappa shape index (κ1) is 11.7. The van der Waals surface area contributed by atoms with Gasteiger partial charge in [-0.1, -0.05) is 30.4 Å². The summed E-state index contributed by atoms with van der Waals surface area (Å²) in [6.45, 7) is 2.79. The van der Waals surface area contributed by atoms with Crippen LogP contribution in [-0.2, 0) is 0 Å². The zero-order valence-electron chi connectivity index (χ0n) is 10.4. The first-order valence-corrected chi connectivity index (χ1v) is 6.97. The molecule has 1 fully saturated rings. The Morgan fingerprint density at radius 1 is 1.11 bits per heavy atom. The molecule has 1 saturated heterocycles. The molecule has 2 heterocycles. The molecule has 0 atom stereocenters. The topological polar surface area (TPSA) is 12.5 Å². The number of piperidine rings is 1. The Labute approximate surface area is 113 Å². The van der Waals surface area contributed by atoms with E-state index in [1.165, 1.54) is 19.3 Å². The van der Waals surface area contributed by atoms with Crippen LogP contribution < -0.4 is 4.74 Å². The second kappa shape index (κ2) is 5.11. The summed E-state index contributed by atoms with van der Waals surface area (Å²) >= 11 is 5.60. The predicted molar refractivity (Wildman–Crippen MR) is 77.9 cm³/mol. The third-order valence-electron chi connectivity index (χ3n) is 3.55. The van der Waals surface area contributed by atoms with E-state index in [-0.39, 0.29) is 0 Å². The van der Waals surface area contributed by atoms with Crippen LogP contribution in [0.4, 0.5) is 0 Å². The van der Waals surface area contributed by atoms with Crippen molar-refractivity contribution in [3.8, 4) is 5.75 Å². The lowest BCUT2D eigenvalue weighted by Gasteiger charge is -2.31. The third kappa shape index (κ3) is 2.27. The van der Waals surface area contributed by atoms with Crippen LogP contribution in [0.1, 0.15) is 24.8 Å². The average molecular weight is 259 g/mol. The molecule has 94 valence electrons. The van der Waals surface area contributed by atoms with E-state index in [2.05, 4.69) is 17.0 Å². The van der Waals surface area contributed by atoms with Crippen LogP contribution in [0.2, 0.25) is 0 Å². The predicted octanol–water partition coefficient (Wildman–Crippen LogP) is 3.28. The van der Waals surface area contributed by atoms with Gasteiger partial charge in [-0.3, -0.25) is 0 Å². The molecule has 0 saturated carbocycles. The fraction of sp³-hybridized carbons (Fsp3) is 0.400. The Kier molecular flexibility index (Phi) is 3.33. The Balaban J connectivity index is 1.81. The van der Waals surface area contributed by atoms with Gasteiger partial charge in [0.25, 0.3) is 0 Å². The number of benzene rings is 1. The van der Waals surface area contributed by atoms with E-state index in [1.54, 1.807) is 0 Å². The summed E-state index contributed by atoms with van der Waals surface area (Å²) in [6, 6.07) is 8.12. The molecule has 0 radical (unpaired) electrons. The van der Waals surface area contributed by atoms with Crippen molar-refractivity contribution in [3.63, 3.8) is 0 Å². The minimum Gasteiger partial charge on any atom is -0.488 e. The quantitative estimate of drug-likeness (QED) is 0.718.